The molecule has 0 aromatic heterocycles. The van der Waals surface area contributed by atoms with Crippen LogP contribution in [-0.4, -0.2) is 18.0 Å². The zero-order valence-electron chi connectivity index (χ0n) is 11.7. The molecule has 0 spiro atoms. The highest BCUT2D eigenvalue weighted by Gasteiger charge is 2.10. The Hall–Kier alpha value is -1.65. The van der Waals surface area contributed by atoms with Gasteiger partial charge in [-0.2, -0.15) is 0 Å². The van der Waals surface area contributed by atoms with Crippen LogP contribution in [0.2, 0.25) is 0 Å². The van der Waals surface area contributed by atoms with Gasteiger partial charge in [-0.05, 0) is 42.3 Å². The predicted molar refractivity (Wildman–Crippen MR) is 84.3 cm³/mol. The number of hydrogen-bond acceptors (Lipinski definition) is 4. The number of hydrogen-bond donors (Lipinski definition) is 2. The lowest BCUT2D eigenvalue weighted by Crippen LogP contribution is -2.01. The number of thioether (sulfide) groups is 1. The predicted octanol–water partition coefficient (Wildman–Crippen LogP) is 3.41. The Labute approximate surface area is 123 Å². The topological polar surface area (TPSA) is 55.5 Å². The van der Waals surface area contributed by atoms with Crippen LogP contribution < -0.4 is 10.5 Å². The maximum atomic E-state index is 10.3. The number of nitrogens with two attached hydrogens (primary N) is 1. The summed E-state index contributed by atoms with van der Waals surface area (Å²) in [7, 11) is 1.62. The second-order valence-corrected chi connectivity index (χ2v) is 5.64. The van der Waals surface area contributed by atoms with E-state index in [1.54, 1.807) is 18.9 Å². The summed E-state index contributed by atoms with van der Waals surface area (Å²) in [4.78, 5) is 1.10. The van der Waals surface area contributed by atoms with Gasteiger partial charge in [0.05, 0.1) is 13.2 Å². The third-order valence-corrected chi connectivity index (χ3v) is 4.44. The first-order chi connectivity index (χ1) is 9.61. The van der Waals surface area contributed by atoms with Crippen molar-refractivity contribution < 1.29 is 9.84 Å². The van der Waals surface area contributed by atoms with E-state index in [-0.39, 0.29) is 0 Å². The van der Waals surface area contributed by atoms with Crippen LogP contribution in [0.3, 0.4) is 0 Å². The number of nitrogen functional groups attached to an aromatic ring is 1. The summed E-state index contributed by atoms with van der Waals surface area (Å²) in [5.41, 5.74) is 8.59. The molecule has 4 heteroatoms. The normalized spacial score (nSPS) is 12.2. The molecule has 106 valence electrons. The van der Waals surface area contributed by atoms with Crippen molar-refractivity contribution in [2.75, 3.05) is 18.6 Å². The molecule has 0 amide bonds. The fraction of sp³-hybridized carbons (Fsp3) is 0.250. The lowest BCUT2D eigenvalue weighted by Gasteiger charge is -2.13. The van der Waals surface area contributed by atoms with E-state index in [0.29, 0.717) is 5.75 Å². The molecule has 0 aliphatic heterocycles. The Balaban J connectivity index is 2.04. The van der Waals surface area contributed by atoms with Gasteiger partial charge >= 0.3 is 0 Å². The summed E-state index contributed by atoms with van der Waals surface area (Å²) in [6.45, 7) is 2.00. The van der Waals surface area contributed by atoms with Crippen molar-refractivity contribution in [1.82, 2.24) is 0 Å². The average molecular weight is 289 g/mol. The molecule has 2 aromatic carbocycles. The highest BCUT2D eigenvalue weighted by molar-refractivity contribution is 7.99. The fourth-order valence-electron chi connectivity index (χ4n) is 1.90. The summed E-state index contributed by atoms with van der Waals surface area (Å²) in [6.07, 6.45) is -0.532. The minimum Gasteiger partial charge on any atom is -0.497 e. The second-order valence-electron chi connectivity index (χ2n) is 4.57. The molecule has 3 nitrogen and oxygen atoms in total. The van der Waals surface area contributed by atoms with E-state index in [0.717, 1.165) is 27.5 Å². The average Bonchev–Trinajstić information content (AvgIpc) is 2.48. The quantitative estimate of drug-likeness (QED) is 0.654. The highest BCUT2D eigenvalue weighted by atomic mass is 32.2. The monoisotopic (exact) mass is 289 g/mol. The minimum absolute atomic E-state index is 0.532. The van der Waals surface area contributed by atoms with Crippen molar-refractivity contribution in [2.45, 2.75) is 17.9 Å². The van der Waals surface area contributed by atoms with Crippen molar-refractivity contribution in [3.63, 3.8) is 0 Å². The number of aliphatic hydroxyl groups is 1. The highest BCUT2D eigenvalue weighted by Crippen LogP contribution is 2.30. The molecule has 2 rings (SSSR count). The third kappa shape index (κ3) is 3.46. The standard InChI is InChI=1S/C16H19NO2S/c1-11-14(17)7-4-8-16(11)20-10-15(18)12-5-3-6-13(9-12)19-2/h3-9,15,18H,10,17H2,1-2H3. The largest absolute Gasteiger partial charge is 0.497 e. The van der Waals surface area contributed by atoms with Crippen molar-refractivity contribution in [3.8, 4) is 5.75 Å². The molecule has 0 bridgehead atoms. The molecule has 20 heavy (non-hydrogen) atoms. The molecular weight excluding hydrogens is 270 g/mol. The minimum atomic E-state index is -0.532. The van der Waals surface area contributed by atoms with Gasteiger partial charge in [-0.25, -0.2) is 0 Å². The van der Waals surface area contributed by atoms with E-state index in [1.807, 2.05) is 49.4 Å². The lowest BCUT2D eigenvalue weighted by atomic mass is 10.1. The van der Waals surface area contributed by atoms with Gasteiger partial charge in [-0.1, -0.05) is 18.2 Å². The zero-order valence-corrected chi connectivity index (χ0v) is 12.5. The van der Waals surface area contributed by atoms with Crippen LogP contribution in [0.1, 0.15) is 17.2 Å². The van der Waals surface area contributed by atoms with Gasteiger partial charge in [0, 0.05) is 16.3 Å². The van der Waals surface area contributed by atoms with Gasteiger partial charge in [0.25, 0.3) is 0 Å². The van der Waals surface area contributed by atoms with Gasteiger partial charge < -0.3 is 15.6 Å². The van der Waals surface area contributed by atoms with Crippen LogP contribution >= 0.6 is 11.8 Å². The van der Waals surface area contributed by atoms with Crippen LogP contribution in [0.25, 0.3) is 0 Å². The number of rotatable bonds is 5. The summed E-state index contributed by atoms with van der Waals surface area (Å²) < 4.78 is 5.17. The molecule has 1 atom stereocenters. The number of ether oxygens (including phenoxy) is 1. The summed E-state index contributed by atoms with van der Waals surface area (Å²) in [6, 6.07) is 13.4. The molecule has 0 aliphatic carbocycles. The first-order valence-electron chi connectivity index (χ1n) is 6.41. The third-order valence-electron chi connectivity index (χ3n) is 3.20. The number of benzene rings is 2. The first-order valence-corrected chi connectivity index (χ1v) is 7.40. The Bertz CT molecular complexity index is 586. The summed E-state index contributed by atoms with van der Waals surface area (Å²) >= 11 is 1.61. The van der Waals surface area contributed by atoms with E-state index in [1.165, 1.54) is 0 Å². The molecule has 0 saturated carbocycles. The van der Waals surface area contributed by atoms with Crippen molar-refractivity contribution in [2.24, 2.45) is 0 Å². The maximum absolute atomic E-state index is 10.3. The molecule has 0 saturated heterocycles. The Morgan fingerprint density at radius 1 is 1.25 bits per heavy atom. The molecule has 2 aromatic rings. The SMILES string of the molecule is COc1cccc(C(O)CSc2cccc(N)c2C)c1. The van der Waals surface area contributed by atoms with Gasteiger partial charge in [0.2, 0.25) is 0 Å². The number of anilines is 1. The van der Waals surface area contributed by atoms with Crippen LogP contribution in [0.5, 0.6) is 5.75 Å². The van der Waals surface area contributed by atoms with E-state index in [9.17, 15) is 5.11 Å². The van der Waals surface area contributed by atoms with Gasteiger partial charge in [-0.3, -0.25) is 0 Å². The van der Waals surface area contributed by atoms with Crippen LogP contribution in [0, 0.1) is 6.92 Å². The Morgan fingerprint density at radius 3 is 2.75 bits per heavy atom. The van der Waals surface area contributed by atoms with Crippen molar-refractivity contribution >= 4 is 17.4 Å². The van der Waals surface area contributed by atoms with Crippen molar-refractivity contribution in [3.05, 3.63) is 53.6 Å². The van der Waals surface area contributed by atoms with Crippen molar-refractivity contribution in [1.29, 1.82) is 0 Å². The summed E-state index contributed by atoms with van der Waals surface area (Å²) in [5.74, 6) is 1.34. The lowest BCUT2D eigenvalue weighted by molar-refractivity contribution is 0.203. The molecule has 0 heterocycles. The van der Waals surface area contributed by atoms with E-state index in [2.05, 4.69) is 0 Å². The molecule has 0 fully saturated rings. The molecular formula is C16H19NO2S. The fourth-order valence-corrected chi connectivity index (χ4v) is 2.94. The van der Waals surface area contributed by atoms with E-state index in [4.69, 9.17) is 10.5 Å². The molecule has 1 unspecified atom stereocenters. The Morgan fingerprint density at radius 2 is 2.00 bits per heavy atom. The van der Waals surface area contributed by atoms with Crippen LogP contribution in [0.15, 0.2) is 47.4 Å². The van der Waals surface area contributed by atoms with Gasteiger partial charge in [0.1, 0.15) is 5.75 Å². The number of aliphatic hydroxyl groups excluding tert-OH is 1. The summed E-state index contributed by atoms with van der Waals surface area (Å²) in [5, 5.41) is 10.3. The van der Waals surface area contributed by atoms with E-state index >= 15 is 0 Å². The molecule has 0 radical (unpaired) electrons. The van der Waals surface area contributed by atoms with Gasteiger partial charge in [-0.15, -0.1) is 11.8 Å². The second kappa shape index (κ2) is 6.68. The van der Waals surface area contributed by atoms with Gasteiger partial charge in [0.15, 0.2) is 0 Å². The van der Waals surface area contributed by atoms with Crippen LogP contribution in [-0.2, 0) is 0 Å². The molecule has 3 N–H and O–H groups in total. The number of methoxy groups -OCH3 is 1. The van der Waals surface area contributed by atoms with E-state index < -0.39 is 6.10 Å². The zero-order chi connectivity index (χ0) is 14.5. The first kappa shape index (κ1) is 14.8. The smallest absolute Gasteiger partial charge is 0.119 e. The Kier molecular flexibility index (Phi) is 4.93. The molecule has 0 aliphatic rings. The van der Waals surface area contributed by atoms with Crippen LogP contribution in [0.4, 0.5) is 5.69 Å². The maximum Gasteiger partial charge on any atom is 0.119 e.